The number of fused-ring (bicyclic) bond motifs is 1. The molecule has 3 rings (SSSR count). The topological polar surface area (TPSA) is 41.5 Å². The lowest BCUT2D eigenvalue weighted by Crippen LogP contribution is -2.31. The first-order chi connectivity index (χ1) is 11.1. The highest BCUT2D eigenvalue weighted by molar-refractivity contribution is 7.98. The van der Waals surface area contributed by atoms with Gasteiger partial charge in [0.2, 0.25) is 0 Å². The maximum Gasteiger partial charge on any atom is 0.132 e. The van der Waals surface area contributed by atoms with Crippen LogP contribution in [0.5, 0.6) is 5.75 Å². The van der Waals surface area contributed by atoms with Gasteiger partial charge in [-0.05, 0) is 42.0 Å². The Hall–Kier alpha value is -1.49. The van der Waals surface area contributed by atoms with Crippen LogP contribution in [-0.4, -0.2) is 24.6 Å². The Balaban J connectivity index is 1.81. The van der Waals surface area contributed by atoms with Gasteiger partial charge in [-0.3, -0.25) is 0 Å². The van der Waals surface area contributed by atoms with Crippen molar-refractivity contribution >= 4 is 11.8 Å². The van der Waals surface area contributed by atoms with Gasteiger partial charge in [0, 0.05) is 17.4 Å². The third-order valence-electron chi connectivity index (χ3n) is 4.54. The van der Waals surface area contributed by atoms with Crippen molar-refractivity contribution in [1.82, 2.24) is 5.32 Å². The SMILES string of the molecule is COc1cc([C@H](C)N[C@H]2c3ccccc3C[C@H]2O)ccc1SC. The van der Waals surface area contributed by atoms with Crippen LogP contribution in [0.1, 0.15) is 35.7 Å². The third kappa shape index (κ3) is 3.25. The average molecular weight is 329 g/mol. The molecule has 3 nitrogen and oxygen atoms in total. The van der Waals surface area contributed by atoms with Crippen molar-refractivity contribution in [3.05, 3.63) is 59.2 Å². The van der Waals surface area contributed by atoms with Gasteiger partial charge in [0.05, 0.1) is 19.3 Å². The lowest BCUT2D eigenvalue weighted by atomic mass is 10.0. The van der Waals surface area contributed by atoms with E-state index in [0.29, 0.717) is 0 Å². The van der Waals surface area contributed by atoms with E-state index in [0.717, 1.165) is 22.6 Å². The van der Waals surface area contributed by atoms with Gasteiger partial charge in [-0.25, -0.2) is 0 Å². The summed E-state index contributed by atoms with van der Waals surface area (Å²) < 4.78 is 5.48. The minimum absolute atomic E-state index is 0.0209. The summed E-state index contributed by atoms with van der Waals surface area (Å²) >= 11 is 1.68. The second kappa shape index (κ2) is 6.95. The fourth-order valence-electron chi connectivity index (χ4n) is 3.26. The number of aliphatic hydroxyl groups excluding tert-OH is 1. The Morgan fingerprint density at radius 2 is 2.04 bits per heavy atom. The highest BCUT2D eigenvalue weighted by atomic mass is 32.2. The van der Waals surface area contributed by atoms with E-state index < -0.39 is 0 Å². The molecule has 0 saturated carbocycles. The second-order valence-electron chi connectivity index (χ2n) is 5.95. The van der Waals surface area contributed by atoms with Crippen LogP contribution in [0, 0.1) is 0 Å². The quantitative estimate of drug-likeness (QED) is 0.820. The Morgan fingerprint density at radius 1 is 1.26 bits per heavy atom. The fraction of sp³-hybridized carbons (Fsp3) is 0.368. The summed E-state index contributed by atoms with van der Waals surface area (Å²) in [4.78, 5) is 1.13. The van der Waals surface area contributed by atoms with Crippen molar-refractivity contribution in [3.63, 3.8) is 0 Å². The summed E-state index contributed by atoms with van der Waals surface area (Å²) in [5, 5.41) is 14.0. The molecule has 0 aliphatic heterocycles. The maximum atomic E-state index is 10.4. The van der Waals surface area contributed by atoms with Gasteiger partial charge in [0.15, 0.2) is 0 Å². The van der Waals surface area contributed by atoms with Gasteiger partial charge in [0.1, 0.15) is 5.75 Å². The monoisotopic (exact) mass is 329 g/mol. The number of methoxy groups -OCH3 is 1. The molecule has 2 N–H and O–H groups in total. The highest BCUT2D eigenvalue weighted by Gasteiger charge is 2.31. The van der Waals surface area contributed by atoms with Crippen molar-refractivity contribution in [2.24, 2.45) is 0 Å². The molecule has 0 unspecified atom stereocenters. The van der Waals surface area contributed by atoms with Gasteiger partial charge in [-0.15, -0.1) is 11.8 Å². The van der Waals surface area contributed by atoms with Crippen LogP contribution in [0.4, 0.5) is 0 Å². The third-order valence-corrected chi connectivity index (χ3v) is 5.32. The molecule has 0 fully saturated rings. The zero-order valence-corrected chi connectivity index (χ0v) is 14.6. The van der Waals surface area contributed by atoms with Gasteiger partial charge in [-0.1, -0.05) is 30.3 Å². The van der Waals surface area contributed by atoms with Crippen LogP contribution >= 0.6 is 11.8 Å². The van der Waals surface area contributed by atoms with Crippen LogP contribution in [0.2, 0.25) is 0 Å². The Bertz CT molecular complexity index is 689. The van der Waals surface area contributed by atoms with Gasteiger partial charge < -0.3 is 15.2 Å². The van der Waals surface area contributed by atoms with Crippen molar-refractivity contribution in [1.29, 1.82) is 0 Å². The van der Waals surface area contributed by atoms with Crippen LogP contribution in [0.3, 0.4) is 0 Å². The summed E-state index contributed by atoms with van der Waals surface area (Å²) in [6, 6.07) is 14.7. The first kappa shape index (κ1) is 16.4. The normalized spacial score (nSPS) is 21.0. The molecule has 0 spiro atoms. The van der Waals surface area contributed by atoms with Crippen molar-refractivity contribution in [3.8, 4) is 5.75 Å². The van der Waals surface area contributed by atoms with Crippen LogP contribution in [-0.2, 0) is 6.42 Å². The van der Waals surface area contributed by atoms with E-state index in [1.807, 2.05) is 18.4 Å². The van der Waals surface area contributed by atoms with E-state index in [9.17, 15) is 5.11 Å². The van der Waals surface area contributed by atoms with Gasteiger partial charge in [-0.2, -0.15) is 0 Å². The first-order valence-corrected chi connectivity index (χ1v) is 9.10. The molecule has 4 heteroatoms. The van der Waals surface area contributed by atoms with E-state index in [-0.39, 0.29) is 18.2 Å². The summed E-state index contributed by atoms with van der Waals surface area (Å²) in [6.07, 6.45) is 2.39. The molecule has 1 aliphatic carbocycles. The number of hydrogen-bond acceptors (Lipinski definition) is 4. The molecular weight excluding hydrogens is 306 g/mol. The predicted molar refractivity (Wildman–Crippen MR) is 95.2 cm³/mol. The number of benzene rings is 2. The standard InChI is InChI=1S/C19H23NO2S/c1-12(13-8-9-18(23-3)17(11-13)22-2)20-19-15-7-5-4-6-14(15)10-16(19)21/h4-9,11-12,16,19-21H,10H2,1-3H3/t12-,16+,19-/m0/s1. The lowest BCUT2D eigenvalue weighted by Gasteiger charge is -2.24. The van der Waals surface area contributed by atoms with E-state index in [1.165, 1.54) is 11.1 Å². The van der Waals surface area contributed by atoms with Crippen LogP contribution in [0.15, 0.2) is 47.4 Å². The number of thioether (sulfide) groups is 1. The Morgan fingerprint density at radius 3 is 2.78 bits per heavy atom. The molecule has 0 aromatic heterocycles. The first-order valence-electron chi connectivity index (χ1n) is 7.88. The molecule has 23 heavy (non-hydrogen) atoms. The summed E-state index contributed by atoms with van der Waals surface area (Å²) in [5.41, 5.74) is 3.61. The molecular formula is C19H23NO2S. The number of aliphatic hydroxyl groups is 1. The molecule has 0 saturated heterocycles. The molecule has 2 aromatic rings. The average Bonchev–Trinajstić information content (AvgIpc) is 2.89. The fourth-order valence-corrected chi connectivity index (χ4v) is 3.81. The van der Waals surface area contributed by atoms with Crippen molar-refractivity contribution in [2.45, 2.75) is 36.4 Å². The van der Waals surface area contributed by atoms with E-state index in [1.54, 1.807) is 18.9 Å². The maximum absolute atomic E-state index is 10.4. The molecule has 0 bridgehead atoms. The molecule has 1 aliphatic rings. The minimum atomic E-state index is -0.373. The number of nitrogens with one attached hydrogen (secondary N) is 1. The second-order valence-corrected chi connectivity index (χ2v) is 6.80. The van der Waals surface area contributed by atoms with Gasteiger partial charge >= 0.3 is 0 Å². The zero-order valence-electron chi connectivity index (χ0n) is 13.7. The Kier molecular flexibility index (Phi) is 4.95. The van der Waals surface area contributed by atoms with Crippen molar-refractivity contribution < 1.29 is 9.84 Å². The molecule has 0 heterocycles. The summed E-state index contributed by atoms with van der Waals surface area (Å²) in [6.45, 7) is 2.13. The van der Waals surface area contributed by atoms with Gasteiger partial charge in [0.25, 0.3) is 0 Å². The zero-order chi connectivity index (χ0) is 16.4. The van der Waals surface area contributed by atoms with E-state index in [4.69, 9.17) is 4.74 Å². The molecule has 122 valence electrons. The predicted octanol–water partition coefficient (Wildman–Crippen LogP) is 3.73. The smallest absolute Gasteiger partial charge is 0.132 e. The highest BCUT2D eigenvalue weighted by Crippen LogP contribution is 2.35. The summed E-state index contributed by atoms with van der Waals surface area (Å²) in [5.74, 6) is 0.899. The Labute approximate surface area is 142 Å². The number of rotatable bonds is 5. The molecule has 2 aromatic carbocycles. The molecule has 3 atom stereocenters. The van der Waals surface area contributed by atoms with E-state index >= 15 is 0 Å². The van der Waals surface area contributed by atoms with Crippen LogP contribution < -0.4 is 10.1 Å². The van der Waals surface area contributed by atoms with E-state index in [2.05, 4.69) is 42.6 Å². The van der Waals surface area contributed by atoms with Crippen LogP contribution in [0.25, 0.3) is 0 Å². The molecule has 0 amide bonds. The summed E-state index contributed by atoms with van der Waals surface area (Å²) in [7, 11) is 1.70. The molecule has 0 radical (unpaired) electrons. The number of hydrogen-bond donors (Lipinski definition) is 2. The number of ether oxygens (including phenoxy) is 1. The lowest BCUT2D eigenvalue weighted by molar-refractivity contribution is 0.136. The minimum Gasteiger partial charge on any atom is -0.496 e. The van der Waals surface area contributed by atoms with Crippen molar-refractivity contribution in [2.75, 3.05) is 13.4 Å². The largest absolute Gasteiger partial charge is 0.496 e.